The van der Waals surface area contributed by atoms with Crippen LogP contribution in [0.1, 0.15) is 38.3 Å². The van der Waals surface area contributed by atoms with E-state index in [-0.39, 0.29) is 17.9 Å². The Balaban J connectivity index is 2.56. The third-order valence-corrected chi connectivity index (χ3v) is 2.39. The van der Waals surface area contributed by atoms with E-state index in [4.69, 9.17) is 0 Å². The first-order chi connectivity index (χ1) is 7.63. The molecule has 0 saturated carbocycles. The van der Waals surface area contributed by atoms with Crippen LogP contribution in [0.15, 0.2) is 16.9 Å². The van der Waals surface area contributed by atoms with E-state index in [0.717, 1.165) is 25.0 Å². The molecule has 0 N–H and O–H groups in total. The van der Waals surface area contributed by atoms with Gasteiger partial charge in [0, 0.05) is 12.5 Å². The van der Waals surface area contributed by atoms with E-state index < -0.39 is 0 Å². The minimum atomic E-state index is -0.213. The van der Waals surface area contributed by atoms with E-state index >= 15 is 0 Å². The summed E-state index contributed by atoms with van der Waals surface area (Å²) in [5, 5.41) is 4.02. The fraction of sp³-hybridized carbons (Fsp3) is 0.583. The summed E-state index contributed by atoms with van der Waals surface area (Å²) < 4.78 is 1.24. The molecule has 0 unspecified atom stereocenters. The van der Waals surface area contributed by atoms with Crippen molar-refractivity contribution in [3.8, 4) is 0 Å². The van der Waals surface area contributed by atoms with Crippen LogP contribution >= 0.6 is 0 Å². The van der Waals surface area contributed by atoms with Crippen LogP contribution in [0.5, 0.6) is 0 Å². The van der Waals surface area contributed by atoms with Crippen molar-refractivity contribution in [3.63, 3.8) is 0 Å². The quantitative estimate of drug-likeness (QED) is 0.688. The van der Waals surface area contributed by atoms with Crippen LogP contribution in [0.25, 0.3) is 0 Å². The van der Waals surface area contributed by atoms with Crippen molar-refractivity contribution in [1.29, 1.82) is 0 Å². The normalized spacial score (nSPS) is 10.4. The SMILES string of the molecule is CCCCCC(=O)Cn1nc(C)ccc1=O. The average molecular weight is 222 g/mol. The van der Waals surface area contributed by atoms with Gasteiger partial charge in [0.25, 0.3) is 5.56 Å². The molecule has 0 aliphatic heterocycles. The van der Waals surface area contributed by atoms with Gasteiger partial charge in [0.2, 0.25) is 0 Å². The molecule has 0 saturated heterocycles. The zero-order chi connectivity index (χ0) is 12.0. The summed E-state index contributed by atoms with van der Waals surface area (Å²) in [6, 6.07) is 3.10. The van der Waals surface area contributed by atoms with Crippen LogP contribution in [0, 0.1) is 6.92 Å². The Kier molecular flexibility index (Phi) is 4.89. The molecule has 0 radical (unpaired) electrons. The Morgan fingerprint density at radius 1 is 1.38 bits per heavy atom. The zero-order valence-electron chi connectivity index (χ0n) is 9.90. The number of rotatable bonds is 6. The van der Waals surface area contributed by atoms with Gasteiger partial charge in [0.1, 0.15) is 6.54 Å². The molecule has 1 aromatic rings. The third kappa shape index (κ3) is 3.96. The predicted octanol–water partition coefficient (Wildman–Crippen LogP) is 1.70. The van der Waals surface area contributed by atoms with E-state index in [1.807, 2.05) is 0 Å². The molecule has 0 bridgehead atoms. The number of aromatic nitrogens is 2. The third-order valence-electron chi connectivity index (χ3n) is 2.39. The summed E-state index contributed by atoms with van der Waals surface area (Å²) in [6.45, 7) is 4.00. The maximum atomic E-state index is 11.6. The van der Waals surface area contributed by atoms with Crippen molar-refractivity contribution in [1.82, 2.24) is 9.78 Å². The molecule has 88 valence electrons. The number of nitrogens with zero attached hydrogens (tertiary/aromatic N) is 2. The van der Waals surface area contributed by atoms with E-state index in [1.165, 1.54) is 10.7 Å². The van der Waals surface area contributed by atoms with Crippen molar-refractivity contribution < 1.29 is 4.79 Å². The highest BCUT2D eigenvalue weighted by molar-refractivity contribution is 5.77. The molecule has 16 heavy (non-hydrogen) atoms. The lowest BCUT2D eigenvalue weighted by molar-refractivity contribution is -0.120. The fourth-order valence-corrected chi connectivity index (χ4v) is 1.48. The van der Waals surface area contributed by atoms with Crippen LogP contribution in [0.4, 0.5) is 0 Å². The molecule has 1 aromatic heterocycles. The largest absolute Gasteiger partial charge is 0.298 e. The molecule has 0 amide bonds. The van der Waals surface area contributed by atoms with Gasteiger partial charge in [-0.15, -0.1) is 0 Å². The average Bonchev–Trinajstić information content (AvgIpc) is 2.24. The first-order valence-electron chi connectivity index (χ1n) is 5.70. The standard InChI is InChI=1S/C12H18N2O2/c1-3-4-5-6-11(15)9-14-12(16)8-7-10(2)13-14/h7-8H,3-6,9H2,1-2H3. The van der Waals surface area contributed by atoms with Gasteiger partial charge in [-0.2, -0.15) is 5.10 Å². The Hall–Kier alpha value is -1.45. The van der Waals surface area contributed by atoms with E-state index in [0.29, 0.717) is 6.42 Å². The van der Waals surface area contributed by atoms with Crippen LogP contribution in [-0.2, 0) is 11.3 Å². The minimum absolute atomic E-state index is 0.0775. The second-order valence-electron chi connectivity index (χ2n) is 3.97. The lowest BCUT2D eigenvalue weighted by Crippen LogP contribution is -2.26. The molecule has 4 nitrogen and oxygen atoms in total. The zero-order valence-corrected chi connectivity index (χ0v) is 9.90. The Morgan fingerprint density at radius 2 is 2.12 bits per heavy atom. The van der Waals surface area contributed by atoms with Crippen molar-refractivity contribution in [3.05, 3.63) is 28.2 Å². The van der Waals surface area contributed by atoms with Gasteiger partial charge in [0.05, 0.1) is 5.69 Å². The fourth-order valence-electron chi connectivity index (χ4n) is 1.48. The minimum Gasteiger partial charge on any atom is -0.298 e. The molecule has 0 aromatic carbocycles. The van der Waals surface area contributed by atoms with Crippen LogP contribution in [-0.4, -0.2) is 15.6 Å². The van der Waals surface area contributed by atoms with Crippen molar-refractivity contribution in [2.75, 3.05) is 0 Å². The van der Waals surface area contributed by atoms with Crippen molar-refractivity contribution >= 4 is 5.78 Å². The lowest BCUT2D eigenvalue weighted by atomic mass is 10.1. The molecule has 0 spiro atoms. The number of carbonyl (C=O) groups is 1. The number of aryl methyl sites for hydroxylation is 1. The van der Waals surface area contributed by atoms with Crippen molar-refractivity contribution in [2.45, 2.75) is 46.1 Å². The maximum Gasteiger partial charge on any atom is 0.267 e. The number of hydrogen-bond donors (Lipinski definition) is 0. The number of unbranched alkanes of at least 4 members (excludes halogenated alkanes) is 2. The molecule has 1 heterocycles. The number of ketones is 1. The molecule has 0 aliphatic rings. The molecule has 1 rings (SSSR count). The smallest absolute Gasteiger partial charge is 0.267 e. The topological polar surface area (TPSA) is 52.0 Å². The first-order valence-corrected chi connectivity index (χ1v) is 5.70. The number of hydrogen-bond acceptors (Lipinski definition) is 3. The molecule has 0 aliphatic carbocycles. The highest BCUT2D eigenvalue weighted by Gasteiger charge is 2.05. The van der Waals surface area contributed by atoms with Gasteiger partial charge in [-0.05, 0) is 19.4 Å². The summed E-state index contributed by atoms with van der Waals surface area (Å²) in [4.78, 5) is 22.9. The van der Waals surface area contributed by atoms with E-state index in [2.05, 4.69) is 12.0 Å². The maximum absolute atomic E-state index is 11.6. The number of Topliss-reactive ketones (excluding diaryl/α,β-unsaturated/α-hetero) is 1. The second kappa shape index (κ2) is 6.20. The van der Waals surface area contributed by atoms with Gasteiger partial charge in [0.15, 0.2) is 5.78 Å². The van der Waals surface area contributed by atoms with Gasteiger partial charge in [-0.25, -0.2) is 4.68 Å². The van der Waals surface area contributed by atoms with Crippen LogP contribution < -0.4 is 5.56 Å². The Morgan fingerprint density at radius 3 is 2.81 bits per heavy atom. The van der Waals surface area contributed by atoms with Crippen LogP contribution in [0.3, 0.4) is 0 Å². The summed E-state index contributed by atoms with van der Waals surface area (Å²) in [6.07, 6.45) is 3.59. The summed E-state index contributed by atoms with van der Waals surface area (Å²) in [5.74, 6) is 0.0775. The first kappa shape index (κ1) is 12.6. The monoisotopic (exact) mass is 222 g/mol. The molecular weight excluding hydrogens is 204 g/mol. The van der Waals surface area contributed by atoms with E-state index in [9.17, 15) is 9.59 Å². The highest BCUT2D eigenvalue weighted by Crippen LogP contribution is 2.00. The Labute approximate surface area is 95.3 Å². The van der Waals surface area contributed by atoms with Gasteiger partial charge in [-0.3, -0.25) is 9.59 Å². The highest BCUT2D eigenvalue weighted by atomic mass is 16.1. The molecular formula is C12H18N2O2. The number of carbonyl (C=O) groups excluding carboxylic acids is 1. The molecule has 0 atom stereocenters. The van der Waals surface area contributed by atoms with Gasteiger partial charge in [-0.1, -0.05) is 19.8 Å². The lowest BCUT2D eigenvalue weighted by Gasteiger charge is -2.04. The summed E-state index contributed by atoms with van der Waals surface area (Å²) >= 11 is 0. The molecule has 4 heteroatoms. The summed E-state index contributed by atoms with van der Waals surface area (Å²) in [7, 11) is 0. The second-order valence-corrected chi connectivity index (χ2v) is 3.97. The van der Waals surface area contributed by atoms with E-state index in [1.54, 1.807) is 13.0 Å². The van der Waals surface area contributed by atoms with Gasteiger partial charge < -0.3 is 0 Å². The summed E-state index contributed by atoms with van der Waals surface area (Å²) in [5.41, 5.74) is 0.537. The van der Waals surface area contributed by atoms with Crippen molar-refractivity contribution in [2.24, 2.45) is 0 Å². The molecule has 0 fully saturated rings. The predicted molar refractivity (Wildman–Crippen MR) is 62.4 cm³/mol. The Bertz CT molecular complexity index is 410. The van der Waals surface area contributed by atoms with Gasteiger partial charge >= 0.3 is 0 Å². The van der Waals surface area contributed by atoms with Crippen LogP contribution in [0.2, 0.25) is 0 Å².